The van der Waals surface area contributed by atoms with Gasteiger partial charge in [-0.25, -0.2) is 4.98 Å². The van der Waals surface area contributed by atoms with E-state index in [4.69, 9.17) is 16.0 Å². The lowest BCUT2D eigenvalue weighted by Crippen LogP contribution is -2.14. The monoisotopic (exact) mass is 317 g/mol. The van der Waals surface area contributed by atoms with Crippen LogP contribution < -0.4 is 5.32 Å². The van der Waals surface area contributed by atoms with E-state index < -0.39 is 0 Å². The minimum Gasteiger partial charge on any atom is -0.460 e. The summed E-state index contributed by atoms with van der Waals surface area (Å²) in [6.07, 6.45) is 2.18. The highest BCUT2D eigenvalue weighted by atomic mass is 35.5. The molecule has 3 rings (SSSR count). The first-order chi connectivity index (χ1) is 10.6. The zero-order chi connectivity index (χ0) is 15.7. The summed E-state index contributed by atoms with van der Waals surface area (Å²) >= 11 is 5.64. The van der Waals surface area contributed by atoms with Crippen LogP contribution >= 0.6 is 11.6 Å². The van der Waals surface area contributed by atoms with Crippen LogP contribution in [0.15, 0.2) is 34.9 Å². The fraction of sp³-hybridized carbons (Fsp3) is 0.250. The number of anilines is 1. The third kappa shape index (κ3) is 2.72. The van der Waals surface area contributed by atoms with E-state index in [2.05, 4.69) is 10.3 Å². The molecule has 0 radical (unpaired) electrons. The number of nitrogens with zero attached hydrogens (tertiary/aromatic N) is 2. The van der Waals surface area contributed by atoms with Gasteiger partial charge in [-0.2, -0.15) is 0 Å². The molecule has 3 aromatic rings. The van der Waals surface area contributed by atoms with Crippen molar-refractivity contribution in [3.05, 3.63) is 41.8 Å². The molecule has 0 spiro atoms. The maximum Gasteiger partial charge on any atom is 0.226 e. The zero-order valence-corrected chi connectivity index (χ0v) is 13.1. The van der Waals surface area contributed by atoms with Crippen molar-refractivity contribution in [1.82, 2.24) is 9.38 Å². The average molecular weight is 318 g/mol. The lowest BCUT2D eigenvalue weighted by atomic mass is 10.3. The van der Waals surface area contributed by atoms with Crippen molar-refractivity contribution in [2.24, 2.45) is 0 Å². The lowest BCUT2D eigenvalue weighted by Gasteiger charge is -2.06. The van der Waals surface area contributed by atoms with Crippen LogP contribution in [0.3, 0.4) is 0 Å². The summed E-state index contributed by atoms with van der Waals surface area (Å²) in [6, 6.07) is 7.60. The van der Waals surface area contributed by atoms with Crippen molar-refractivity contribution < 1.29 is 9.21 Å². The maximum absolute atomic E-state index is 12.0. The molecule has 1 amide bonds. The molecule has 0 saturated heterocycles. The molecule has 0 fully saturated rings. The number of imidazole rings is 1. The molecule has 22 heavy (non-hydrogen) atoms. The largest absolute Gasteiger partial charge is 0.460 e. The predicted octanol–water partition coefficient (Wildman–Crippen LogP) is 3.78. The van der Waals surface area contributed by atoms with Gasteiger partial charge in [0.2, 0.25) is 5.91 Å². The number of furan rings is 1. The lowest BCUT2D eigenvalue weighted by molar-refractivity contribution is -0.115. The number of alkyl halides is 1. The minimum atomic E-state index is -0.150. The second kappa shape index (κ2) is 5.85. The number of fused-ring (bicyclic) bond motifs is 1. The van der Waals surface area contributed by atoms with Gasteiger partial charge in [-0.05, 0) is 37.6 Å². The van der Waals surface area contributed by atoms with Gasteiger partial charge in [0.05, 0.1) is 0 Å². The number of hydrogen-bond donors (Lipinski definition) is 1. The summed E-state index contributed by atoms with van der Waals surface area (Å²) in [6.45, 7) is 3.86. The van der Waals surface area contributed by atoms with Crippen LogP contribution in [-0.2, 0) is 4.79 Å². The molecule has 0 aliphatic carbocycles. The number of pyridine rings is 1. The van der Waals surface area contributed by atoms with Crippen LogP contribution in [0.5, 0.6) is 0 Å². The first kappa shape index (κ1) is 14.7. The molecule has 0 aliphatic rings. The Bertz CT molecular complexity index is 835. The Morgan fingerprint density at radius 2 is 2.14 bits per heavy atom. The molecule has 6 heteroatoms. The fourth-order valence-electron chi connectivity index (χ4n) is 2.28. The van der Waals surface area contributed by atoms with Gasteiger partial charge in [0.1, 0.15) is 22.9 Å². The number of rotatable bonds is 4. The molecule has 3 heterocycles. The minimum absolute atomic E-state index is 0.150. The molecule has 1 N–H and O–H groups in total. The van der Waals surface area contributed by atoms with Crippen molar-refractivity contribution in [2.75, 3.05) is 11.2 Å². The molecular formula is C16H16ClN3O2. The second-order valence-corrected chi connectivity index (χ2v) is 5.52. The molecule has 0 saturated carbocycles. The van der Waals surface area contributed by atoms with Crippen molar-refractivity contribution in [3.63, 3.8) is 0 Å². The van der Waals surface area contributed by atoms with Gasteiger partial charge >= 0.3 is 0 Å². The molecule has 0 atom stereocenters. The number of carbonyl (C=O) groups is 1. The second-order valence-electron chi connectivity index (χ2n) is 5.14. The summed E-state index contributed by atoms with van der Waals surface area (Å²) in [4.78, 5) is 16.5. The van der Waals surface area contributed by atoms with Gasteiger partial charge in [-0.15, -0.1) is 11.6 Å². The summed E-state index contributed by atoms with van der Waals surface area (Å²) in [5.41, 5.74) is 2.43. The third-order valence-electron chi connectivity index (χ3n) is 3.32. The van der Waals surface area contributed by atoms with E-state index in [0.29, 0.717) is 17.3 Å². The van der Waals surface area contributed by atoms with Crippen molar-refractivity contribution in [1.29, 1.82) is 0 Å². The predicted molar refractivity (Wildman–Crippen MR) is 86.3 cm³/mol. The Balaban J connectivity index is 2.15. The van der Waals surface area contributed by atoms with E-state index in [1.54, 1.807) is 0 Å². The molecule has 5 nitrogen and oxygen atoms in total. The van der Waals surface area contributed by atoms with Crippen molar-refractivity contribution >= 4 is 29.0 Å². The highest BCUT2D eigenvalue weighted by Gasteiger charge is 2.18. The Labute approximate surface area is 132 Å². The standard InChI is InChI=1S/C16H16ClN3O2/c1-10-3-6-13-18-15(12-5-4-11(2)22-12)16(20(13)9-10)19-14(21)7-8-17/h3-6,9H,7-8H2,1-2H3,(H,19,21). The van der Waals surface area contributed by atoms with Crippen LogP contribution in [0.25, 0.3) is 17.1 Å². The van der Waals surface area contributed by atoms with E-state index in [1.807, 2.05) is 48.7 Å². The SMILES string of the molecule is Cc1ccc2nc(-c3ccc(C)o3)c(NC(=O)CCCl)n2c1. The number of aryl methyl sites for hydroxylation is 2. The molecule has 3 aromatic heterocycles. The van der Waals surface area contributed by atoms with Crippen LogP contribution in [-0.4, -0.2) is 21.2 Å². The first-order valence-corrected chi connectivity index (χ1v) is 7.53. The third-order valence-corrected chi connectivity index (χ3v) is 3.51. The maximum atomic E-state index is 12.0. The van der Waals surface area contributed by atoms with E-state index in [0.717, 1.165) is 17.0 Å². The van der Waals surface area contributed by atoms with E-state index in [1.165, 1.54) is 0 Å². The number of carbonyl (C=O) groups excluding carboxylic acids is 1. The van der Waals surface area contributed by atoms with Crippen LogP contribution in [0, 0.1) is 13.8 Å². The summed E-state index contributed by atoms with van der Waals surface area (Å²) < 4.78 is 7.51. The number of aromatic nitrogens is 2. The van der Waals surface area contributed by atoms with Gasteiger partial charge in [-0.1, -0.05) is 6.07 Å². The first-order valence-electron chi connectivity index (χ1n) is 7.00. The van der Waals surface area contributed by atoms with Crippen LogP contribution in [0.2, 0.25) is 0 Å². The zero-order valence-electron chi connectivity index (χ0n) is 12.4. The number of hydrogen-bond acceptors (Lipinski definition) is 3. The van der Waals surface area contributed by atoms with Gasteiger partial charge < -0.3 is 9.73 Å². The van der Waals surface area contributed by atoms with E-state index in [-0.39, 0.29) is 18.2 Å². The van der Waals surface area contributed by atoms with Crippen molar-refractivity contribution in [2.45, 2.75) is 20.3 Å². The molecular weight excluding hydrogens is 302 g/mol. The molecule has 114 valence electrons. The smallest absolute Gasteiger partial charge is 0.226 e. The van der Waals surface area contributed by atoms with Gasteiger partial charge in [0, 0.05) is 18.5 Å². The summed E-state index contributed by atoms with van der Waals surface area (Å²) in [7, 11) is 0. The Kier molecular flexibility index (Phi) is 3.90. The average Bonchev–Trinajstić information content (AvgIpc) is 3.04. The highest BCUT2D eigenvalue weighted by Crippen LogP contribution is 2.30. The van der Waals surface area contributed by atoms with E-state index >= 15 is 0 Å². The number of nitrogens with one attached hydrogen (secondary N) is 1. The number of halogens is 1. The van der Waals surface area contributed by atoms with E-state index in [9.17, 15) is 4.79 Å². The molecule has 0 aromatic carbocycles. The number of amides is 1. The normalized spacial score (nSPS) is 11.0. The Morgan fingerprint density at radius 1 is 1.32 bits per heavy atom. The Hall–Kier alpha value is -2.27. The molecule has 0 aliphatic heterocycles. The Morgan fingerprint density at radius 3 is 2.82 bits per heavy atom. The van der Waals surface area contributed by atoms with Crippen molar-refractivity contribution in [3.8, 4) is 11.5 Å². The summed E-state index contributed by atoms with van der Waals surface area (Å²) in [5.74, 6) is 2.14. The van der Waals surface area contributed by atoms with Crippen LogP contribution in [0.1, 0.15) is 17.7 Å². The summed E-state index contributed by atoms with van der Waals surface area (Å²) in [5, 5.41) is 2.89. The molecule has 0 unspecified atom stereocenters. The highest BCUT2D eigenvalue weighted by molar-refractivity contribution is 6.19. The van der Waals surface area contributed by atoms with Gasteiger partial charge in [0.25, 0.3) is 0 Å². The van der Waals surface area contributed by atoms with Crippen LogP contribution in [0.4, 0.5) is 5.82 Å². The van der Waals surface area contributed by atoms with Gasteiger partial charge in [-0.3, -0.25) is 9.20 Å². The topological polar surface area (TPSA) is 59.5 Å². The fourth-order valence-corrected chi connectivity index (χ4v) is 2.46. The van der Waals surface area contributed by atoms with Gasteiger partial charge in [0.15, 0.2) is 5.76 Å². The quantitative estimate of drug-likeness (QED) is 0.745. The molecule has 0 bridgehead atoms.